The van der Waals surface area contributed by atoms with E-state index in [0.29, 0.717) is 5.39 Å². The molecule has 0 aliphatic carbocycles. The van der Waals surface area contributed by atoms with E-state index >= 15 is 0 Å². The average molecular weight is 258 g/mol. The highest BCUT2D eigenvalue weighted by Crippen LogP contribution is 2.07. The smallest absolute Gasteiger partial charge is 0.258 e. The van der Waals surface area contributed by atoms with E-state index in [-0.39, 0.29) is 24.1 Å². The van der Waals surface area contributed by atoms with E-state index < -0.39 is 0 Å². The van der Waals surface area contributed by atoms with Crippen LogP contribution in [0, 0.1) is 0 Å². The molecular formula is C15H18N2O2. The summed E-state index contributed by atoms with van der Waals surface area (Å²) in [5, 5.41) is 4.39. The SMILES string of the molecule is CC[C@@H](C)NC(=O)Cn1ccc2ccccc2c1=O. The third-order valence-corrected chi connectivity index (χ3v) is 3.22. The molecule has 1 aromatic heterocycles. The van der Waals surface area contributed by atoms with Crippen molar-refractivity contribution in [2.45, 2.75) is 32.9 Å². The van der Waals surface area contributed by atoms with Gasteiger partial charge in [-0.2, -0.15) is 0 Å². The summed E-state index contributed by atoms with van der Waals surface area (Å²) in [6.07, 6.45) is 2.54. The summed E-state index contributed by atoms with van der Waals surface area (Å²) in [6.45, 7) is 4.02. The molecule has 19 heavy (non-hydrogen) atoms. The molecular weight excluding hydrogens is 240 g/mol. The maximum absolute atomic E-state index is 12.2. The second kappa shape index (κ2) is 5.69. The van der Waals surface area contributed by atoms with E-state index in [1.54, 1.807) is 12.3 Å². The van der Waals surface area contributed by atoms with Crippen molar-refractivity contribution in [2.75, 3.05) is 0 Å². The third-order valence-electron chi connectivity index (χ3n) is 3.22. The molecule has 0 saturated heterocycles. The van der Waals surface area contributed by atoms with Crippen LogP contribution in [0.4, 0.5) is 0 Å². The van der Waals surface area contributed by atoms with Gasteiger partial charge in [0.15, 0.2) is 0 Å². The van der Waals surface area contributed by atoms with Crippen LogP contribution in [0.25, 0.3) is 10.8 Å². The van der Waals surface area contributed by atoms with Gasteiger partial charge >= 0.3 is 0 Å². The van der Waals surface area contributed by atoms with Crippen molar-refractivity contribution in [1.82, 2.24) is 9.88 Å². The zero-order chi connectivity index (χ0) is 13.8. The summed E-state index contributed by atoms with van der Waals surface area (Å²) >= 11 is 0. The molecule has 0 spiro atoms. The summed E-state index contributed by atoms with van der Waals surface area (Å²) in [5.41, 5.74) is -0.127. The lowest BCUT2D eigenvalue weighted by Crippen LogP contribution is -2.36. The van der Waals surface area contributed by atoms with Gasteiger partial charge in [-0.1, -0.05) is 25.1 Å². The van der Waals surface area contributed by atoms with Gasteiger partial charge in [0.2, 0.25) is 5.91 Å². The highest BCUT2D eigenvalue weighted by Gasteiger charge is 2.08. The minimum Gasteiger partial charge on any atom is -0.352 e. The summed E-state index contributed by atoms with van der Waals surface area (Å²) in [7, 11) is 0. The Kier molecular flexibility index (Phi) is 4.00. The van der Waals surface area contributed by atoms with Gasteiger partial charge in [-0.15, -0.1) is 0 Å². The zero-order valence-electron chi connectivity index (χ0n) is 11.2. The summed E-state index contributed by atoms with van der Waals surface area (Å²) < 4.78 is 1.44. The van der Waals surface area contributed by atoms with Crippen molar-refractivity contribution < 1.29 is 4.79 Å². The fourth-order valence-electron chi connectivity index (χ4n) is 1.93. The first-order valence-corrected chi connectivity index (χ1v) is 6.49. The van der Waals surface area contributed by atoms with Crippen LogP contribution < -0.4 is 10.9 Å². The number of carbonyl (C=O) groups excluding carboxylic acids is 1. The molecule has 0 radical (unpaired) electrons. The minimum atomic E-state index is -0.133. The van der Waals surface area contributed by atoms with Gasteiger partial charge in [0.1, 0.15) is 6.54 Å². The van der Waals surface area contributed by atoms with Crippen molar-refractivity contribution >= 4 is 16.7 Å². The predicted octanol–water partition coefficient (Wildman–Crippen LogP) is 1.92. The standard InChI is InChI=1S/C15H18N2O2/c1-3-11(2)16-14(18)10-17-9-8-12-6-4-5-7-13(12)15(17)19/h4-9,11H,3,10H2,1-2H3,(H,16,18)/t11-/m1/s1. The second-order valence-corrected chi connectivity index (χ2v) is 4.71. The minimum absolute atomic E-state index is 0.0635. The van der Waals surface area contributed by atoms with Gasteiger partial charge < -0.3 is 9.88 Å². The first kappa shape index (κ1) is 13.3. The van der Waals surface area contributed by atoms with Gasteiger partial charge in [0, 0.05) is 17.6 Å². The molecule has 1 aromatic carbocycles. The Bertz CT molecular complexity index is 646. The number of hydrogen-bond donors (Lipinski definition) is 1. The molecule has 0 aliphatic heterocycles. The highest BCUT2D eigenvalue weighted by molar-refractivity contribution is 5.82. The molecule has 0 fully saturated rings. The Morgan fingerprint density at radius 1 is 1.32 bits per heavy atom. The number of nitrogens with one attached hydrogen (secondary N) is 1. The number of rotatable bonds is 4. The number of carbonyl (C=O) groups is 1. The Labute approximate surface area is 112 Å². The van der Waals surface area contributed by atoms with Gasteiger partial charge in [-0.05, 0) is 30.9 Å². The third kappa shape index (κ3) is 3.02. The lowest BCUT2D eigenvalue weighted by Gasteiger charge is -2.12. The molecule has 2 aromatic rings. The Morgan fingerprint density at radius 3 is 2.79 bits per heavy atom. The monoisotopic (exact) mass is 258 g/mol. The largest absolute Gasteiger partial charge is 0.352 e. The van der Waals surface area contributed by atoms with E-state index in [0.717, 1.165) is 11.8 Å². The van der Waals surface area contributed by atoms with Crippen LogP contribution in [0.2, 0.25) is 0 Å². The van der Waals surface area contributed by atoms with E-state index in [1.807, 2.05) is 38.1 Å². The van der Waals surface area contributed by atoms with Crippen LogP contribution >= 0.6 is 0 Å². The van der Waals surface area contributed by atoms with E-state index in [4.69, 9.17) is 0 Å². The first-order valence-electron chi connectivity index (χ1n) is 6.49. The van der Waals surface area contributed by atoms with Crippen molar-refractivity contribution in [3.63, 3.8) is 0 Å². The number of amides is 1. The van der Waals surface area contributed by atoms with Gasteiger partial charge in [-0.25, -0.2) is 0 Å². The summed E-state index contributed by atoms with van der Waals surface area (Å²) in [6, 6.07) is 9.37. The maximum Gasteiger partial charge on any atom is 0.258 e. The Morgan fingerprint density at radius 2 is 2.05 bits per heavy atom. The lowest BCUT2D eigenvalue weighted by atomic mass is 10.2. The normalized spacial score (nSPS) is 12.3. The molecule has 1 N–H and O–H groups in total. The number of aromatic nitrogens is 1. The molecule has 0 saturated carbocycles. The fraction of sp³-hybridized carbons (Fsp3) is 0.333. The quantitative estimate of drug-likeness (QED) is 0.910. The number of nitrogens with zero attached hydrogens (tertiary/aromatic N) is 1. The molecule has 2 rings (SSSR count). The number of fused-ring (bicyclic) bond motifs is 1. The van der Waals surface area contributed by atoms with Crippen LogP contribution in [0.15, 0.2) is 41.3 Å². The van der Waals surface area contributed by atoms with E-state index in [9.17, 15) is 9.59 Å². The fourth-order valence-corrected chi connectivity index (χ4v) is 1.93. The van der Waals surface area contributed by atoms with Crippen LogP contribution in [0.1, 0.15) is 20.3 Å². The van der Waals surface area contributed by atoms with Gasteiger partial charge in [-0.3, -0.25) is 9.59 Å². The van der Waals surface area contributed by atoms with Crippen molar-refractivity contribution in [3.05, 3.63) is 46.9 Å². The number of benzene rings is 1. The second-order valence-electron chi connectivity index (χ2n) is 4.71. The van der Waals surface area contributed by atoms with E-state index in [1.165, 1.54) is 4.57 Å². The van der Waals surface area contributed by atoms with Crippen LogP contribution in [0.5, 0.6) is 0 Å². The molecule has 1 heterocycles. The van der Waals surface area contributed by atoms with E-state index in [2.05, 4.69) is 5.32 Å². The zero-order valence-corrected chi connectivity index (χ0v) is 11.2. The molecule has 0 bridgehead atoms. The first-order chi connectivity index (χ1) is 9.11. The average Bonchev–Trinajstić information content (AvgIpc) is 2.42. The molecule has 1 amide bonds. The van der Waals surface area contributed by atoms with Crippen LogP contribution in [-0.4, -0.2) is 16.5 Å². The predicted molar refractivity (Wildman–Crippen MR) is 76.1 cm³/mol. The number of pyridine rings is 1. The van der Waals surface area contributed by atoms with Crippen LogP contribution in [-0.2, 0) is 11.3 Å². The molecule has 0 aliphatic rings. The highest BCUT2D eigenvalue weighted by atomic mass is 16.2. The number of hydrogen-bond acceptors (Lipinski definition) is 2. The molecule has 100 valence electrons. The van der Waals surface area contributed by atoms with Crippen molar-refractivity contribution in [2.24, 2.45) is 0 Å². The summed E-state index contributed by atoms with van der Waals surface area (Å²) in [5.74, 6) is -0.133. The molecule has 0 unspecified atom stereocenters. The molecule has 4 heteroatoms. The topological polar surface area (TPSA) is 51.1 Å². The molecule has 4 nitrogen and oxygen atoms in total. The Balaban J connectivity index is 2.24. The van der Waals surface area contributed by atoms with Gasteiger partial charge in [0.05, 0.1) is 0 Å². The van der Waals surface area contributed by atoms with Gasteiger partial charge in [0.25, 0.3) is 5.56 Å². The molecule has 1 atom stereocenters. The maximum atomic E-state index is 12.2. The lowest BCUT2D eigenvalue weighted by molar-refractivity contribution is -0.122. The Hall–Kier alpha value is -2.10. The van der Waals surface area contributed by atoms with Crippen molar-refractivity contribution in [1.29, 1.82) is 0 Å². The van der Waals surface area contributed by atoms with Crippen molar-refractivity contribution in [3.8, 4) is 0 Å². The van der Waals surface area contributed by atoms with Crippen LogP contribution in [0.3, 0.4) is 0 Å². The summed E-state index contributed by atoms with van der Waals surface area (Å²) in [4.78, 5) is 24.0.